The summed E-state index contributed by atoms with van der Waals surface area (Å²) in [6.45, 7) is 13.7. The molecule has 1 atom stereocenters. The molecule has 2 N–H and O–H groups in total. The number of carbonyl (C=O) groups excluding carboxylic acids is 1. The predicted octanol–water partition coefficient (Wildman–Crippen LogP) is 2.85. The molecule has 5 nitrogen and oxygen atoms in total. The van der Waals surface area contributed by atoms with Crippen LogP contribution < -0.4 is 5.32 Å². The fourth-order valence-corrected chi connectivity index (χ4v) is 3.94. The Kier molecular flexibility index (Phi) is 5.68. The van der Waals surface area contributed by atoms with Gasteiger partial charge in [-0.25, -0.2) is 0 Å². The van der Waals surface area contributed by atoms with Gasteiger partial charge in [-0.3, -0.25) is 9.69 Å². The molecule has 1 aliphatic heterocycles. The number of likely N-dealkylation sites (N-methyl/N-ethyl adjacent to an activating group) is 1. The number of fused-ring (bicyclic) bond motifs is 1. The van der Waals surface area contributed by atoms with Crippen molar-refractivity contribution in [3.8, 4) is 0 Å². The lowest BCUT2D eigenvalue weighted by atomic mass is 10.1. The SMILES string of the molecule is Cc1cc(C)c2[nH]c(C(=O)NCC[C@@H](C)N3CCN(C)CC3)c(C)c2c1. The number of benzene rings is 1. The van der Waals surface area contributed by atoms with E-state index in [1.54, 1.807) is 0 Å². The monoisotopic (exact) mass is 356 g/mol. The molecule has 5 heteroatoms. The van der Waals surface area contributed by atoms with Gasteiger partial charge in [-0.2, -0.15) is 0 Å². The largest absolute Gasteiger partial charge is 0.351 e. The number of aryl methyl sites for hydroxylation is 3. The summed E-state index contributed by atoms with van der Waals surface area (Å²) in [7, 11) is 2.17. The Bertz CT molecular complexity index is 787. The van der Waals surface area contributed by atoms with E-state index in [4.69, 9.17) is 0 Å². The van der Waals surface area contributed by atoms with Crippen molar-refractivity contribution >= 4 is 16.8 Å². The van der Waals surface area contributed by atoms with E-state index in [2.05, 4.69) is 60.1 Å². The third-order valence-electron chi connectivity index (χ3n) is 5.74. The first-order valence-electron chi connectivity index (χ1n) is 9.67. The minimum atomic E-state index is 0.00123. The highest BCUT2D eigenvalue weighted by Gasteiger charge is 2.20. The normalized spacial score (nSPS) is 17.6. The fraction of sp³-hybridized carbons (Fsp3) is 0.571. The summed E-state index contributed by atoms with van der Waals surface area (Å²) in [5, 5.41) is 4.26. The lowest BCUT2D eigenvalue weighted by molar-refractivity contribution is 0.0930. The minimum absolute atomic E-state index is 0.00123. The molecule has 1 aromatic carbocycles. The van der Waals surface area contributed by atoms with E-state index in [9.17, 15) is 4.79 Å². The summed E-state index contributed by atoms with van der Waals surface area (Å²) in [4.78, 5) is 20.9. The zero-order valence-corrected chi connectivity index (χ0v) is 16.8. The number of H-pyrrole nitrogens is 1. The van der Waals surface area contributed by atoms with Crippen molar-refractivity contribution in [3.05, 3.63) is 34.5 Å². The first-order chi connectivity index (χ1) is 12.4. The van der Waals surface area contributed by atoms with Crippen molar-refractivity contribution in [1.29, 1.82) is 0 Å². The summed E-state index contributed by atoms with van der Waals surface area (Å²) in [6, 6.07) is 4.80. The van der Waals surface area contributed by atoms with E-state index in [0.29, 0.717) is 18.3 Å². The molecule has 0 saturated carbocycles. The lowest BCUT2D eigenvalue weighted by Gasteiger charge is -2.36. The summed E-state index contributed by atoms with van der Waals surface area (Å²) in [5.74, 6) is 0.00123. The highest BCUT2D eigenvalue weighted by Crippen LogP contribution is 2.26. The number of rotatable bonds is 5. The second kappa shape index (κ2) is 7.80. The van der Waals surface area contributed by atoms with Crippen molar-refractivity contribution in [2.45, 2.75) is 40.2 Å². The molecule has 0 radical (unpaired) electrons. The molecule has 0 aliphatic carbocycles. The van der Waals surface area contributed by atoms with E-state index in [1.807, 2.05) is 6.92 Å². The number of nitrogens with zero attached hydrogens (tertiary/aromatic N) is 2. The Balaban J connectivity index is 1.59. The molecule has 3 rings (SSSR count). The van der Waals surface area contributed by atoms with Gasteiger partial charge in [-0.15, -0.1) is 0 Å². The van der Waals surface area contributed by atoms with Crippen LogP contribution in [0.3, 0.4) is 0 Å². The van der Waals surface area contributed by atoms with Crippen LogP contribution in [0.25, 0.3) is 10.9 Å². The number of hydrogen-bond donors (Lipinski definition) is 2. The number of carbonyl (C=O) groups is 1. The van der Waals surface area contributed by atoms with Crippen LogP contribution in [0.2, 0.25) is 0 Å². The van der Waals surface area contributed by atoms with Crippen molar-refractivity contribution in [2.75, 3.05) is 39.8 Å². The molecule has 0 bridgehead atoms. The maximum Gasteiger partial charge on any atom is 0.268 e. The van der Waals surface area contributed by atoms with E-state index >= 15 is 0 Å². The Labute approximate surface area is 156 Å². The molecule has 0 unspecified atom stereocenters. The number of aromatic nitrogens is 1. The van der Waals surface area contributed by atoms with Crippen LogP contribution in [0, 0.1) is 20.8 Å². The van der Waals surface area contributed by atoms with Crippen LogP contribution in [0.4, 0.5) is 0 Å². The molecule has 2 heterocycles. The molecular formula is C21H32N4O. The van der Waals surface area contributed by atoms with Crippen LogP contribution in [-0.4, -0.2) is 66.5 Å². The van der Waals surface area contributed by atoms with E-state index in [1.165, 1.54) is 11.1 Å². The van der Waals surface area contributed by atoms with Crippen LogP contribution in [0.5, 0.6) is 0 Å². The van der Waals surface area contributed by atoms with Crippen molar-refractivity contribution in [1.82, 2.24) is 20.1 Å². The number of aromatic amines is 1. The number of piperazine rings is 1. The molecule has 1 aliphatic rings. The second-order valence-electron chi connectivity index (χ2n) is 7.86. The predicted molar refractivity (Wildman–Crippen MR) is 108 cm³/mol. The van der Waals surface area contributed by atoms with Gasteiger partial charge in [0.1, 0.15) is 5.69 Å². The van der Waals surface area contributed by atoms with Crippen LogP contribution in [0.15, 0.2) is 12.1 Å². The third-order valence-corrected chi connectivity index (χ3v) is 5.74. The quantitative estimate of drug-likeness (QED) is 0.866. The molecule has 1 aromatic heterocycles. The summed E-state index contributed by atoms with van der Waals surface area (Å²) >= 11 is 0. The molecule has 0 spiro atoms. The van der Waals surface area contributed by atoms with Crippen molar-refractivity contribution < 1.29 is 4.79 Å². The first kappa shape index (κ1) is 18.9. The number of amides is 1. The Morgan fingerprint density at radius 1 is 1.19 bits per heavy atom. The van der Waals surface area contributed by atoms with E-state index in [-0.39, 0.29) is 5.91 Å². The fourth-order valence-electron chi connectivity index (χ4n) is 3.94. The van der Waals surface area contributed by atoms with E-state index in [0.717, 1.165) is 49.1 Å². The summed E-state index contributed by atoms with van der Waals surface area (Å²) in [5.41, 5.74) is 5.22. The van der Waals surface area contributed by atoms with Gasteiger partial charge in [0.05, 0.1) is 0 Å². The van der Waals surface area contributed by atoms with Gasteiger partial charge in [-0.05, 0) is 58.4 Å². The molecule has 1 amide bonds. The van der Waals surface area contributed by atoms with Crippen molar-refractivity contribution in [2.24, 2.45) is 0 Å². The van der Waals surface area contributed by atoms with Gasteiger partial charge >= 0.3 is 0 Å². The van der Waals surface area contributed by atoms with Gasteiger partial charge in [0.15, 0.2) is 0 Å². The highest BCUT2D eigenvalue weighted by atomic mass is 16.1. The first-order valence-corrected chi connectivity index (χ1v) is 9.67. The molecular weight excluding hydrogens is 324 g/mol. The average molecular weight is 357 g/mol. The Hall–Kier alpha value is -1.85. The number of hydrogen-bond acceptors (Lipinski definition) is 3. The number of nitrogens with one attached hydrogen (secondary N) is 2. The zero-order chi connectivity index (χ0) is 18.8. The molecule has 142 valence electrons. The van der Waals surface area contributed by atoms with Gasteiger partial charge in [0.2, 0.25) is 0 Å². The molecule has 1 saturated heterocycles. The van der Waals surface area contributed by atoms with E-state index < -0.39 is 0 Å². The maximum absolute atomic E-state index is 12.7. The third kappa shape index (κ3) is 3.94. The van der Waals surface area contributed by atoms with Gasteiger partial charge in [-0.1, -0.05) is 11.6 Å². The summed E-state index contributed by atoms with van der Waals surface area (Å²) in [6.07, 6.45) is 0.979. The van der Waals surface area contributed by atoms with Crippen LogP contribution in [-0.2, 0) is 0 Å². The molecule has 2 aromatic rings. The van der Waals surface area contributed by atoms with Gasteiger partial charge < -0.3 is 15.2 Å². The molecule has 1 fully saturated rings. The maximum atomic E-state index is 12.7. The lowest BCUT2D eigenvalue weighted by Crippen LogP contribution is -2.48. The average Bonchev–Trinajstić information content (AvgIpc) is 2.93. The van der Waals surface area contributed by atoms with Gasteiger partial charge in [0.25, 0.3) is 5.91 Å². The van der Waals surface area contributed by atoms with Crippen LogP contribution >= 0.6 is 0 Å². The second-order valence-corrected chi connectivity index (χ2v) is 7.86. The summed E-state index contributed by atoms with van der Waals surface area (Å²) < 4.78 is 0. The Morgan fingerprint density at radius 2 is 1.88 bits per heavy atom. The smallest absolute Gasteiger partial charge is 0.268 e. The van der Waals surface area contributed by atoms with Crippen molar-refractivity contribution in [3.63, 3.8) is 0 Å². The van der Waals surface area contributed by atoms with Gasteiger partial charge in [0, 0.05) is 49.7 Å². The standard InChI is InChI=1S/C21H32N4O/c1-14-12-15(2)19-18(13-14)17(4)20(23-19)21(26)22-7-6-16(3)25-10-8-24(5)9-11-25/h12-13,16,23H,6-11H2,1-5H3,(H,22,26)/t16-/m1/s1. The molecule has 26 heavy (non-hydrogen) atoms. The van der Waals surface area contributed by atoms with Crippen LogP contribution in [0.1, 0.15) is 40.5 Å². The zero-order valence-electron chi connectivity index (χ0n) is 16.8. The topological polar surface area (TPSA) is 51.4 Å². The minimum Gasteiger partial charge on any atom is -0.351 e. The highest BCUT2D eigenvalue weighted by molar-refractivity contribution is 6.01. The Morgan fingerprint density at radius 3 is 2.58 bits per heavy atom.